The Kier molecular flexibility index (Phi) is 4.02. The fraction of sp³-hybridized carbons (Fsp3) is 0.692. The molecular weight excluding hydrogens is 278 g/mol. The van der Waals surface area contributed by atoms with Crippen LogP contribution in [0.2, 0.25) is 0 Å². The smallest absolute Gasteiger partial charge is 0.135 e. The average molecular weight is 298 g/mol. The van der Waals surface area contributed by atoms with Gasteiger partial charge in [-0.15, -0.1) is 0 Å². The maximum Gasteiger partial charge on any atom is 0.135 e. The lowest BCUT2D eigenvalue weighted by Crippen LogP contribution is -2.28. The molecule has 1 saturated carbocycles. The normalized spacial score (nSPS) is 15.4. The van der Waals surface area contributed by atoms with Crippen LogP contribution in [0.5, 0.6) is 0 Å². The number of anilines is 1. The topological polar surface area (TPSA) is 29.0 Å². The van der Waals surface area contributed by atoms with E-state index in [1.807, 2.05) is 6.07 Å². The third-order valence-corrected chi connectivity index (χ3v) is 3.34. The van der Waals surface area contributed by atoms with Gasteiger partial charge >= 0.3 is 0 Å². The van der Waals surface area contributed by atoms with Gasteiger partial charge in [-0.2, -0.15) is 0 Å². The minimum Gasteiger partial charge on any atom is -0.356 e. The van der Waals surface area contributed by atoms with Crippen molar-refractivity contribution in [3.63, 3.8) is 0 Å². The van der Waals surface area contributed by atoms with E-state index in [1.165, 1.54) is 12.8 Å². The summed E-state index contributed by atoms with van der Waals surface area (Å²) in [5.74, 6) is 3.32. The predicted molar refractivity (Wildman–Crippen MR) is 74.4 cm³/mol. The van der Waals surface area contributed by atoms with Gasteiger partial charge in [0.1, 0.15) is 16.2 Å². The predicted octanol–water partition coefficient (Wildman–Crippen LogP) is 3.60. The lowest BCUT2D eigenvalue weighted by molar-refractivity contribution is 0.612. The monoisotopic (exact) mass is 297 g/mol. The van der Waals surface area contributed by atoms with Crippen LogP contribution in [0.3, 0.4) is 0 Å². The Bertz CT molecular complexity index is 388. The second-order valence-corrected chi connectivity index (χ2v) is 5.93. The molecule has 0 N–H and O–H groups in total. The molecule has 0 unspecified atom stereocenters. The van der Waals surface area contributed by atoms with Gasteiger partial charge in [0.25, 0.3) is 0 Å². The number of halogens is 1. The van der Waals surface area contributed by atoms with Crippen molar-refractivity contribution in [1.82, 2.24) is 9.97 Å². The summed E-state index contributed by atoms with van der Waals surface area (Å²) in [6.07, 6.45) is 2.48. The van der Waals surface area contributed by atoms with Crippen molar-refractivity contribution in [3.8, 4) is 0 Å². The van der Waals surface area contributed by atoms with E-state index in [-0.39, 0.29) is 0 Å². The second kappa shape index (κ2) is 5.34. The van der Waals surface area contributed by atoms with E-state index in [2.05, 4.69) is 46.6 Å². The molecule has 0 bridgehead atoms. The first-order chi connectivity index (χ1) is 8.10. The number of rotatable bonds is 5. The molecule has 2 rings (SSSR count). The molecular formula is C13H20BrN3. The van der Waals surface area contributed by atoms with Crippen molar-refractivity contribution >= 4 is 21.7 Å². The molecule has 4 heteroatoms. The van der Waals surface area contributed by atoms with Crippen LogP contribution in [-0.4, -0.2) is 23.1 Å². The molecule has 1 aliphatic rings. The van der Waals surface area contributed by atoms with Crippen molar-refractivity contribution in [2.75, 3.05) is 18.0 Å². The van der Waals surface area contributed by atoms with Gasteiger partial charge in [0.05, 0.1) is 0 Å². The summed E-state index contributed by atoms with van der Waals surface area (Å²) < 4.78 is 0.909. The molecule has 0 atom stereocenters. The lowest BCUT2D eigenvalue weighted by atomic mass is 10.2. The zero-order chi connectivity index (χ0) is 12.4. The summed E-state index contributed by atoms with van der Waals surface area (Å²) in [5, 5.41) is 0. The SMILES string of the molecule is CCN(CC(C)C)c1cc(Br)nc(C2CC2)n1. The molecule has 1 aromatic rings. The van der Waals surface area contributed by atoms with Gasteiger partial charge in [0.15, 0.2) is 0 Å². The van der Waals surface area contributed by atoms with Gasteiger partial charge in [-0.25, -0.2) is 9.97 Å². The standard InChI is InChI=1S/C13H20BrN3/c1-4-17(8-9(2)3)12-7-11(14)15-13(16-12)10-5-6-10/h7,9-10H,4-6,8H2,1-3H3. The fourth-order valence-electron chi connectivity index (χ4n) is 1.93. The van der Waals surface area contributed by atoms with Gasteiger partial charge in [-0.05, 0) is 41.6 Å². The molecule has 0 amide bonds. The number of aromatic nitrogens is 2. The Morgan fingerprint density at radius 3 is 2.65 bits per heavy atom. The Morgan fingerprint density at radius 2 is 2.12 bits per heavy atom. The molecule has 1 aliphatic carbocycles. The van der Waals surface area contributed by atoms with E-state index in [0.29, 0.717) is 11.8 Å². The fourth-order valence-corrected chi connectivity index (χ4v) is 2.32. The Balaban J connectivity index is 2.22. The first kappa shape index (κ1) is 12.8. The number of hydrogen-bond acceptors (Lipinski definition) is 3. The van der Waals surface area contributed by atoms with E-state index in [1.54, 1.807) is 0 Å². The summed E-state index contributed by atoms with van der Waals surface area (Å²) in [5.41, 5.74) is 0. The summed E-state index contributed by atoms with van der Waals surface area (Å²) in [6, 6.07) is 2.03. The highest BCUT2D eigenvalue weighted by Gasteiger charge is 2.27. The van der Waals surface area contributed by atoms with E-state index in [4.69, 9.17) is 4.98 Å². The molecule has 0 aliphatic heterocycles. The average Bonchev–Trinajstić information content (AvgIpc) is 3.08. The van der Waals surface area contributed by atoms with Crippen LogP contribution in [0.1, 0.15) is 45.4 Å². The molecule has 94 valence electrons. The van der Waals surface area contributed by atoms with Gasteiger partial charge < -0.3 is 4.90 Å². The molecule has 0 saturated heterocycles. The Labute approximate surface area is 112 Å². The first-order valence-corrected chi connectivity index (χ1v) is 7.19. The molecule has 0 aromatic carbocycles. The van der Waals surface area contributed by atoms with Crippen LogP contribution in [0.4, 0.5) is 5.82 Å². The number of hydrogen-bond donors (Lipinski definition) is 0. The molecule has 0 radical (unpaired) electrons. The third kappa shape index (κ3) is 3.41. The van der Waals surface area contributed by atoms with Crippen LogP contribution in [0.25, 0.3) is 0 Å². The lowest BCUT2D eigenvalue weighted by Gasteiger charge is -2.24. The summed E-state index contributed by atoms with van der Waals surface area (Å²) in [6.45, 7) is 8.69. The molecule has 1 aromatic heterocycles. The van der Waals surface area contributed by atoms with Crippen molar-refractivity contribution in [3.05, 3.63) is 16.5 Å². The van der Waals surface area contributed by atoms with Crippen molar-refractivity contribution < 1.29 is 0 Å². The van der Waals surface area contributed by atoms with Gasteiger partial charge in [0.2, 0.25) is 0 Å². The molecule has 1 fully saturated rings. The second-order valence-electron chi connectivity index (χ2n) is 5.11. The third-order valence-electron chi connectivity index (χ3n) is 2.93. The van der Waals surface area contributed by atoms with Crippen LogP contribution >= 0.6 is 15.9 Å². The van der Waals surface area contributed by atoms with Gasteiger partial charge in [0, 0.05) is 25.1 Å². The van der Waals surface area contributed by atoms with Gasteiger partial charge in [-0.1, -0.05) is 13.8 Å². The highest BCUT2D eigenvalue weighted by molar-refractivity contribution is 9.10. The summed E-state index contributed by atoms with van der Waals surface area (Å²) in [4.78, 5) is 11.5. The number of nitrogens with zero attached hydrogens (tertiary/aromatic N) is 3. The van der Waals surface area contributed by atoms with Gasteiger partial charge in [-0.3, -0.25) is 0 Å². The summed E-state index contributed by atoms with van der Waals surface area (Å²) in [7, 11) is 0. The maximum atomic E-state index is 4.70. The van der Waals surface area contributed by atoms with E-state index < -0.39 is 0 Å². The van der Waals surface area contributed by atoms with Crippen molar-refractivity contribution in [2.24, 2.45) is 5.92 Å². The van der Waals surface area contributed by atoms with Crippen LogP contribution < -0.4 is 4.90 Å². The zero-order valence-corrected chi connectivity index (χ0v) is 12.4. The van der Waals surface area contributed by atoms with Crippen LogP contribution in [0.15, 0.2) is 10.7 Å². The molecule has 1 heterocycles. The minimum absolute atomic E-state index is 0.601. The quantitative estimate of drug-likeness (QED) is 0.778. The molecule has 0 spiro atoms. The van der Waals surface area contributed by atoms with E-state index in [9.17, 15) is 0 Å². The summed E-state index contributed by atoms with van der Waals surface area (Å²) >= 11 is 3.50. The largest absolute Gasteiger partial charge is 0.356 e. The highest BCUT2D eigenvalue weighted by Crippen LogP contribution is 2.39. The first-order valence-electron chi connectivity index (χ1n) is 6.39. The van der Waals surface area contributed by atoms with E-state index >= 15 is 0 Å². The maximum absolute atomic E-state index is 4.70. The molecule has 17 heavy (non-hydrogen) atoms. The van der Waals surface area contributed by atoms with E-state index in [0.717, 1.165) is 29.3 Å². The minimum atomic E-state index is 0.601. The zero-order valence-electron chi connectivity index (χ0n) is 10.8. The Morgan fingerprint density at radius 1 is 1.41 bits per heavy atom. The van der Waals surface area contributed by atoms with Crippen molar-refractivity contribution in [1.29, 1.82) is 0 Å². The molecule has 3 nitrogen and oxygen atoms in total. The van der Waals surface area contributed by atoms with Crippen molar-refractivity contribution in [2.45, 2.75) is 39.5 Å². The van der Waals surface area contributed by atoms with Crippen LogP contribution in [0, 0.1) is 5.92 Å². The highest BCUT2D eigenvalue weighted by atomic mass is 79.9. The van der Waals surface area contributed by atoms with Crippen LogP contribution in [-0.2, 0) is 0 Å². The Hall–Kier alpha value is -0.640.